The van der Waals surface area contributed by atoms with Crippen LogP contribution in [0.3, 0.4) is 0 Å². The van der Waals surface area contributed by atoms with Crippen LogP contribution < -0.4 is 16.9 Å². The van der Waals surface area contributed by atoms with Crippen LogP contribution in [0.4, 0.5) is 20.2 Å². The summed E-state index contributed by atoms with van der Waals surface area (Å²) in [5.41, 5.74) is 17.4. The minimum absolute atomic E-state index is 0.0803. The van der Waals surface area contributed by atoms with Gasteiger partial charge >= 0.3 is 7.12 Å². The zero-order valence-corrected chi connectivity index (χ0v) is 35.1. The minimum Gasteiger partial charge on any atom is -0.399 e. The summed E-state index contributed by atoms with van der Waals surface area (Å²) in [5, 5.41) is 38.8. The molecule has 0 atom stereocenters. The predicted molar refractivity (Wildman–Crippen MR) is 230 cm³/mol. The summed E-state index contributed by atoms with van der Waals surface area (Å²) in [4.78, 5) is 0. The lowest BCUT2D eigenvalue weighted by Crippen LogP contribution is -2.41. The summed E-state index contributed by atoms with van der Waals surface area (Å²) in [7, 11) is -0.475. The lowest BCUT2D eigenvalue weighted by Gasteiger charge is -2.32. The van der Waals surface area contributed by atoms with Crippen molar-refractivity contribution >= 4 is 61.7 Å². The molecule has 0 saturated carbocycles. The van der Waals surface area contributed by atoms with Gasteiger partial charge in [-0.05, 0) is 124 Å². The quantitative estimate of drug-likeness (QED) is 0.0877. The van der Waals surface area contributed by atoms with Crippen molar-refractivity contribution in [3.05, 3.63) is 111 Å². The number of halogens is 3. The number of benzene rings is 4. The van der Waals surface area contributed by atoms with E-state index in [1.165, 1.54) is 12.1 Å². The maximum absolute atomic E-state index is 14.5. The number of hydrogen-bond donors (Lipinski definition) is 4. The van der Waals surface area contributed by atoms with E-state index in [1.54, 1.807) is 30.3 Å². The highest BCUT2D eigenvalue weighted by Gasteiger charge is 2.52. The van der Waals surface area contributed by atoms with Gasteiger partial charge in [-0.3, -0.25) is 0 Å². The van der Waals surface area contributed by atoms with E-state index in [4.69, 9.17) is 25.9 Å². The van der Waals surface area contributed by atoms with Crippen molar-refractivity contribution in [2.75, 3.05) is 24.7 Å². The number of anilines is 2. The van der Waals surface area contributed by atoms with Crippen LogP contribution in [0.15, 0.2) is 77.5 Å². The molecule has 1 aliphatic rings. The molecule has 2 aromatic heterocycles. The smallest absolute Gasteiger partial charge is 0.399 e. The zero-order valence-electron chi connectivity index (χ0n) is 33.5. The van der Waals surface area contributed by atoms with Gasteiger partial charge in [0.05, 0.1) is 50.3 Å². The van der Waals surface area contributed by atoms with Gasteiger partial charge in [0.1, 0.15) is 0 Å². The first kappa shape index (κ1) is 43.9. The van der Waals surface area contributed by atoms with Crippen LogP contribution in [0.1, 0.15) is 62.8 Å². The fourth-order valence-corrected chi connectivity index (χ4v) is 7.03. The van der Waals surface area contributed by atoms with E-state index in [-0.39, 0.29) is 24.6 Å². The third kappa shape index (κ3) is 9.07. The van der Waals surface area contributed by atoms with Crippen molar-refractivity contribution in [2.45, 2.75) is 78.7 Å². The van der Waals surface area contributed by atoms with Gasteiger partial charge in [-0.1, -0.05) is 18.2 Å². The minimum atomic E-state index is -0.475. The second-order valence-electron chi connectivity index (χ2n) is 15.2. The van der Waals surface area contributed by atoms with E-state index in [0.717, 1.165) is 38.4 Å². The highest BCUT2D eigenvalue weighted by molar-refractivity contribution is 9.10. The van der Waals surface area contributed by atoms with Gasteiger partial charge in [0, 0.05) is 77.1 Å². The van der Waals surface area contributed by atoms with Crippen LogP contribution in [0.2, 0.25) is 0 Å². The average Bonchev–Trinajstić information content (AvgIpc) is 3.79. The molecule has 10 nitrogen and oxygen atoms in total. The maximum atomic E-state index is 14.5. The van der Waals surface area contributed by atoms with Crippen LogP contribution in [0, 0.1) is 48.1 Å². The first-order valence-corrected chi connectivity index (χ1v) is 19.7. The Morgan fingerprint density at radius 1 is 0.724 bits per heavy atom. The number of aryl methyl sites for hydroxylation is 4. The van der Waals surface area contributed by atoms with Crippen molar-refractivity contribution in [3.8, 4) is 23.3 Å². The van der Waals surface area contributed by atoms with E-state index in [9.17, 15) is 24.4 Å². The Morgan fingerprint density at radius 3 is 1.71 bits per heavy atom. The summed E-state index contributed by atoms with van der Waals surface area (Å²) < 4.78 is 44.0. The van der Waals surface area contributed by atoms with Crippen LogP contribution in [0.25, 0.3) is 32.9 Å². The third-order valence-electron chi connectivity index (χ3n) is 10.6. The molecular weight excluding hydrogens is 805 g/mol. The van der Waals surface area contributed by atoms with E-state index >= 15 is 0 Å². The van der Waals surface area contributed by atoms with E-state index < -0.39 is 30.0 Å². The first-order valence-electron chi connectivity index (χ1n) is 18.9. The standard InChI is InChI=1S/C19H25BN2O3.C19H18FN3O.C6H5BrFN/c1-13-9-17-15(10-14(13)11-21)16(12-22(17)7-6-8-23)20-24-18(2,3)19(4,5)25-20;1-12-8-18-15(9-13(12)10-21)16(11-23(18)6-3-7-24)14-4-2-5-17(22)19(14)20;7-4-2-1-3-5(9)6(4)8/h9-10,12,23H,6-8H2,1-5H3;2,4-5,8-9,11,24H,3,6-7,22H2,1H3;1-3H,9H2. The van der Waals surface area contributed by atoms with Gasteiger partial charge in [0.2, 0.25) is 0 Å². The van der Waals surface area contributed by atoms with E-state index in [1.807, 2.05) is 76.7 Å². The number of nitriles is 2. The Kier molecular flexibility index (Phi) is 13.7. The fourth-order valence-electron chi connectivity index (χ4n) is 6.65. The molecule has 0 aliphatic carbocycles. The molecule has 0 unspecified atom stereocenters. The number of aromatic nitrogens is 2. The number of nitrogen functional groups attached to an aromatic ring is 2. The van der Waals surface area contributed by atoms with Gasteiger partial charge in [-0.15, -0.1) is 0 Å². The fraction of sp³-hybridized carbons (Fsp3) is 0.318. The highest BCUT2D eigenvalue weighted by Crippen LogP contribution is 2.38. The molecule has 302 valence electrons. The SMILES string of the molecule is Cc1cc2c(cc1C#N)c(-c1cccc(N)c1F)cn2CCCO.Cc1cc2c(cc1C#N)c(B1OC(C)(C)C(C)(C)O1)cn2CCCO.Nc1cccc(Br)c1F. The molecule has 0 spiro atoms. The molecule has 6 aromatic rings. The molecule has 58 heavy (non-hydrogen) atoms. The van der Waals surface area contributed by atoms with Crippen LogP contribution in [-0.4, -0.2) is 50.9 Å². The molecule has 1 saturated heterocycles. The van der Waals surface area contributed by atoms with Gasteiger partial charge in [-0.2, -0.15) is 10.5 Å². The molecule has 1 aliphatic heterocycles. The van der Waals surface area contributed by atoms with Crippen molar-refractivity contribution in [3.63, 3.8) is 0 Å². The molecule has 0 radical (unpaired) electrons. The van der Waals surface area contributed by atoms with E-state index in [0.29, 0.717) is 52.7 Å². The third-order valence-corrected chi connectivity index (χ3v) is 11.3. The average molecular weight is 854 g/mol. The lowest BCUT2D eigenvalue weighted by atomic mass is 9.78. The van der Waals surface area contributed by atoms with Crippen LogP contribution in [0.5, 0.6) is 0 Å². The summed E-state index contributed by atoms with van der Waals surface area (Å²) in [6.07, 6.45) is 5.16. The van der Waals surface area contributed by atoms with Crippen molar-refractivity contribution < 1.29 is 28.3 Å². The molecule has 6 N–H and O–H groups in total. The number of nitrogens with two attached hydrogens (primary N) is 2. The molecular formula is C44H48BBrF2N6O4. The molecule has 3 heterocycles. The van der Waals surface area contributed by atoms with Gasteiger partial charge < -0.3 is 40.1 Å². The molecule has 7 rings (SSSR count). The molecule has 4 aromatic carbocycles. The Labute approximate surface area is 346 Å². The Balaban J connectivity index is 0.000000183. The largest absolute Gasteiger partial charge is 0.497 e. The number of nitrogens with zero attached hydrogens (tertiary/aromatic N) is 4. The highest BCUT2D eigenvalue weighted by atomic mass is 79.9. The summed E-state index contributed by atoms with van der Waals surface area (Å²) in [6.45, 7) is 13.5. The van der Waals surface area contributed by atoms with Crippen LogP contribution in [-0.2, 0) is 22.4 Å². The van der Waals surface area contributed by atoms with Crippen molar-refractivity contribution in [1.29, 1.82) is 10.5 Å². The second kappa shape index (κ2) is 18.1. The van der Waals surface area contributed by atoms with Gasteiger partial charge in [-0.25, -0.2) is 8.78 Å². The van der Waals surface area contributed by atoms with Crippen LogP contribution >= 0.6 is 15.9 Å². The Hall–Kier alpha value is -5.22. The van der Waals surface area contributed by atoms with Gasteiger partial charge in [0.15, 0.2) is 11.6 Å². The molecule has 14 heteroatoms. The Morgan fingerprint density at radius 2 is 1.21 bits per heavy atom. The van der Waals surface area contributed by atoms with Crippen molar-refractivity contribution in [2.24, 2.45) is 0 Å². The summed E-state index contributed by atoms with van der Waals surface area (Å²) in [6, 6.07) is 21.8. The summed E-state index contributed by atoms with van der Waals surface area (Å²) in [5.74, 6) is -0.852. The first-order chi connectivity index (χ1) is 27.5. The maximum Gasteiger partial charge on any atom is 0.497 e. The lowest BCUT2D eigenvalue weighted by molar-refractivity contribution is 0.00578. The molecule has 0 bridgehead atoms. The zero-order chi connectivity index (χ0) is 42.5. The number of aliphatic hydroxyl groups is 2. The second-order valence-corrected chi connectivity index (χ2v) is 16.1. The van der Waals surface area contributed by atoms with E-state index in [2.05, 4.69) is 32.6 Å². The topological polar surface area (TPSA) is 168 Å². The molecule has 1 fully saturated rings. The predicted octanol–water partition coefficient (Wildman–Crippen LogP) is 8.27. The normalized spacial score (nSPS) is 14.1. The van der Waals surface area contributed by atoms with Gasteiger partial charge in [0.25, 0.3) is 0 Å². The monoisotopic (exact) mass is 852 g/mol. The number of rotatable bonds is 8. The number of hydrogen-bond acceptors (Lipinski definition) is 8. The summed E-state index contributed by atoms with van der Waals surface area (Å²) >= 11 is 2.99. The Bertz CT molecular complexity index is 2500. The van der Waals surface area contributed by atoms with Crippen molar-refractivity contribution in [1.82, 2.24) is 9.13 Å². The number of aliphatic hydroxyl groups excluding tert-OH is 2. The number of fused-ring (bicyclic) bond motifs is 2. The molecule has 0 amide bonds.